The Labute approximate surface area is 122 Å². The molecule has 1 aliphatic rings. The molecule has 0 radical (unpaired) electrons. The third-order valence-electron chi connectivity index (χ3n) is 3.59. The van der Waals surface area contributed by atoms with E-state index in [0.717, 1.165) is 31.1 Å². The van der Waals surface area contributed by atoms with E-state index in [2.05, 4.69) is 11.0 Å². The second kappa shape index (κ2) is 6.25. The summed E-state index contributed by atoms with van der Waals surface area (Å²) in [5.74, 6) is 0.475. The predicted molar refractivity (Wildman–Crippen MR) is 80.3 cm³/mol. The largest absolute Gasteiger partial charge is 0.396 e. The number of ketones is 1. The average Bonchev–Trinajstić information content (AvgIpc) is 3.02. The Balaban J connectivity index is 2.29. The van der Waals surface area contributed by atoms with Crippen LogP contribution in [0.25, 0.3) is 0 Å². The van der Waals surface area contributed by atoms with Gasteiger partial charge in [-0.25, -0.2) is 0 Å². The maximum Gasteiger partial charge on any atom is 0.174 e. The average molecular weight is 293 g/mol. The van der Waals surface area contributed by atoms with Crippen molar-refractivity contribution >= 4 is 27.8 Å². The Morgan fingerprint density at radius 2 is 2.40 bits per heavy atom. The van der Waals surface area contributed by atoms with Gasteiger partial charge in [-0.3, -0.25) is 4.79 Å². The lowest BCUT2D eigenvalue weighted by molar-refractivity contribution is 0.0993. The molecule has 0 spiro atoms. The van der Waals surface area contributed by atoms with Gasteiger partial charge in [0.05, 0.1) is 17.2 Å². The van der Waals surface area contributed by atoms with Crippen molar-refractivity contribution in [3.8, 4) is 6.07 Å². The van der Waals surface area contributed by atoms with Crippen LogP contribution in [0.4, 0.5) is 10.7 Å². The minimum absolute atomic E-state index is 0.00267. The fourth-order valence-corrected chi connectivity index (χ4v) is 3.73. The summed E-state index contributed by atoms with van der Waals surface area (Å²) in [7, 11) is 1.70. The van der Waals surface area contributed by atoms with Crippen LogP contribution in [0.15, 0.2) is 0 Å². The molecule has 6 heteroatoms. The van der Waals surface area contributed by atoms with E-state index in [1.807, 2.05) is 0 Å². The summed E-state index contributed by atoms with van der Waals surface area (Å²) >= 11 is 1.35. The first-order valence-corrected chi connectivity index (χ1v) is 7.53. The van der Waals surface area contributed by atoms with Crippen molar-refractivity contribution in [2.24, 2.45) is 5.92 Å². The van der Waals surface area contributed by atoms with Gasteiger partial charge >= 0.3 is 0 Å². The van der Waals surface area contributed by atoms with Crippen molar-refractivity contribution in [2.75, 3.05) is 37.4 Å². The van der Waals surface area contributed by atoms with Crippen molar-refractivity contribution in [3.63, 3.8) is 0 Å². The van der Waals surface area contributed by atoms with Gasteiger partial charge in [-0.15, -0.1) is 11.3 Å². The summed E-state index contributed by atoms with van der Waals surface area (Å²) in [4.78, 5) is 14.6. The molecule has 0 bridgehead atoms. The first-order chi connectivity index (χ1) is 9.62. The van der Waals surface area contributed by atoms with Crippen LogP contribution in [-0.4, -0.2) is 32.6 Å². The molecule has 1 aliphatic heterocycles. The number of nitrogen functional groups attached to an aromatic ring is 1. The molecule has 1 saturated heterocycles. The number of rotatable bonds is 5. The lowest BCUT2D eigenvalue weighted by atomic mass is 10.1. The maximum atomic E-state index is 11.9. The first-order valence-electron chi connectivity index (χ1n) is 6.71. The number of methoxy groups -OCH3 is 1. The van der Waals surface area contributed by atoms with Crippen molar-refractivity contribution in [1.82, 2.24) is 0 Å². The fourth-order valence-electron chi connectivity index (χ4n) is 2.52. The third-order valence-corrected chi connectivity index (χ3v) is 4.90. The monoisotopic (exact) mass is 293 g/mol. The topological polar surface area (TPSA) is 79.3 Å². The fraction of sp³-hybridized carbons (Fsp3) is 0.571. The first kappa shape index (κ1) is 14.8. The Morgan fingerprint density at radius 1 is 1.65 bits per heavy atom. The molecule has 1 aromatic rings. The highest BCUT2D eigenvalue weighted by Crippen LogP contribution is 2.40. The number of carbonyl (C=O) groups excluding carboxylic acids is 1. The minimum Gasteiger partial charge on any atom is -0.396 e. The SMILES string of the molecule is CCC(=O)c1sc(N2CCC(COC)C2)c(C#N)c1N. The van der Waals surface area contributed by atoms with E-state index in [1.165, 1.54) is 11.3 Å². The minimum atomic E-state index is 0.00267. The zero-order valence-electron chi connectivity index (χ0n) is 11.8. The molecule has 2 rings (SSSR count). The standard InChI is InChI=1S/C14H19N3O2S/c1-3-11(18)13-12(16)10(6-15)14(20-13)17-5-4-9(7-17)8-19-2/h9H,3-5,7-8,16H2,1-2H3. The lowest BCUT2D eigenvalue weighted by Gasteiger charge is -2.16. The number of Topliss-reactive ketones (excluding diaryl/α,β-unsaturated/α-hetero) is 1. The van der Waals surface area contributed by atoms with Crippen molar-refractivity contribution in [3.05, 3.63) is 10.4 Å². The van der Waals surface area contributed by atoms with Gasteiger partial charge in [0.2, 0.25) is 0 Å². The predicted octanol–water partition coefficient (Wildman–Crippen LogP) is 2.27. The van der Waals surface area contributed by atoms with E-state index in [0.29, 0.717) is 28.5 Å². The van der Waals surface area contributed by atoms with Gasteiger partial charge in [0.15, 0.2) is 5.78 Å². The van der Waals surface area contributed by atoms with E-state index < -0.39 is 0 Å². The Morgan fingerprint density at radius 3 is 3.00 bits per heavy atom. The summed E-state index contributed by atoms with van der Waals surface area (Å²) in [5.41, 5.74) is 6.76. The zero-order valence-corrected chi connectivity index (χ0v) is 12.6. The second-order valence-electron chi connectivity index (χ2n) is 4.97. The van der Waals surface area contributed by atoms with Crippen molar-refractivity contribution in [1.29, 1.82) is 5.26 Å². The van der Waals surface area contributed by atoms with Crippen LogP contribution in [0.2, 0.25) is 0 Å². The molecule has 5 nitrogen and oxygen atoms in total. The molecule has 2 N–H and O–H groups in total. The van der Waals surface area contributed by atoms with Crippen LogP contribution in [0, 0.1) is 17.2 Å². The van der Waals surface area contributed by atoms with Crippen LogP contribution >= 0.6 is 11.3 Å². The normalized spacial score (nSPS) is 18.2. The summed E-state index contributed by atoms with van der Waals surface area (Å²) in [6, 6.07) is 2.15. The van der Waals surface area contributed by atoms with Crippen LogP contribution in [-0.2, 0) is 4.74 Å². The van der Waals surface area contributed by atoms with E-state index in [4.69, 9.17) is 10.5 Å². The molecule has 0 amide bonds. The summed E-state index contributed by atoms with van der Waals surface area (Å²) in [6.07, 6.45) is 1.44. The quantitative estimate of drug-likeness (QED) is 0.842. The van der Waals surface area contributed by atoms with Gasteiger partial charge in [0.25, 0.3) is 0 Å². The zero-order chi connectivity index (χ0) is 14.7. The molecule has 1 atom stereocenters. The van der Waals surface area contributed by atoms with Gasteiger partial charge in [0, 0.05) is 32.5 Å². The molecular formula is C14H19N3O2S. The van der Waals surface area contributed by atoms with Crippen molar-refractivity contribution < 1.29 is 9.53 Å². The van der Waals surface area contributed by atoms with Gasteiger partial charge in [0.1, 0.15) is 16.6 Å². The van der Waals surface area contributed by atoms with Gasteiger partial charge in [-0.2, -0.15) is 5.26 Å². The molecule has 1 fully saturated rings. The van der Waals surface area contributed by atoms with Crippen LogP contribution in [0.3, 0.4) is 0 Å². The highest BCUT2D eigenvalue weighted by atomic mass is 32.1. The number of nitriles is 1. The molecule has 1 unspecified atom stereocenters. The highest BCUT2D eigenvalue weighted by molar-refractivity contribution is 7.19. The molecule has 0 saturated carbocycles. The summed E-state index contributed by atoms with van der Waals surface area (Å²) < 4.78 is 5.18. The number of hydrogen-bond acceptors (Lipinski definition) is 6. The maximum absolute atomic E-state index is 11.9. The van der Waals surface area contributed by atoms with E-state index in [-0.39, 0.29) is 5.78 Å². The van der Waals surface area contributed by atoms with Crippen molar-refractivity contribution in [2.45, 2.75) is 19.8 Å². The van der Waals surface area contributed by atoms with Gasteiger partial charge in [-0.05, 0) is 6.42 Å². The summed E-state index contributed by atoms with van der Waals surface area (Å²) in [5, 5.41) is 10.1. The molecule has 0 aromatic carbocycles. The number of ether oxygens (including phenoxy) is 1. The molecule has 1 aromatic heterocycles. The number of anilines is 2. The second-order valence-corrected chi connectivity index (χ2v) is 5.97. The molecular weight excluding hydrogens is 274 g/mol. The summed E-state index contributed by atoms with van der Waals surface area (Å²) in [6.45, 7) is 4.25. The number of thiophene rings is 1. The number of carbonyl (C=O) groups is 1. The Bertz CT molecular complexity index is 547. The van der Waals surface area contributed by atoms with E-state index in [9.17, 15) is 10.1 Å². The van der Waals surface area contributed by atoms with Gasteiger partial charge in [-0.1, -0.05) is 6.92 Å². The molecule has 2 heterocycles. The lowest BCUT2D eigenvalue weighted by Crippen LogP contribution is -2.20. The third kappa shape index (κ3) is 2.65. The molecule has 0 aliphatic carbocycles. The number of hydrogen-bond donors (Lipinski definition) is 1. The van der Waals surface area contributed by atoms with Gasteiger partial charge < -0.3 is 15.4 Å². The molecule has 20 heavy (non-hydrogen) atoms. The Hall–Kier alpha value is -1.58. The molecule has 108 valence electrons. The van der Waals surface area contributed by atoms with Crippen LogP contribution < -0.4 is 10.6 Å². The van der Waals surface area contributed by atoms with E-state index >= 15 is 0 Å². The van der Waals surface area contributed by atoms with Crippen LogP contribution in [0.1, 0.15) is 35.0 Å². The van der Waals surface area contributed by atoms with Crippen LogP contribution in [0.5, 0.6) is 0 Å². The highest BCUT2D eigenvalue weighted by Gasteiger charge is 2.29. The smallest absolute Gasteiger partial charge is 0.174 e. The number of nitrogens with zero attached hydrogens (tertiary/aromatic N) is 2. The number of nitrogens with two attached hydrogens (primary N) is 1. The Kier molecular flexibility index (Phi) is 4.63. The van der Waals surface area contributed by atoms with E-state index in [1.54, 1.807) is 14.0 Å².